The van der Waals surface area contributed by atoms with Gasteiger partial charge in [0.15, 0.2) is 11.5 Å². The molecule has 4 aromatic rings. The van der Waals surface area contributed by atoms with Gasteiger partial charge in [0.05, 0.1) is 13.4 Å². The van der Waals surface area contributed by atoms with Crippen molar-refractivity contribution in [2.75, 3.05) is 7.11 Å². The molecule has 4 rings (SSSR count). The van der Waals surface area contributed by atoms with E-state index in [9.17, 15) is 4.79 Å². The van der Waals surface area contributed by atoms with E-state index in [4.69, 9.17) is 18.4 Å². The predicted molar refractivity (Wildman–Crippen MR) is 93.9 cm³/mol. The summed E-state index contributed by atoms with van der Waals surface area (Å²) in [5, 5.41) is 10.6. The molecule has 0 fully saturated rings. The van der Waals surface area contributed by atoms with Crippen LogP contribution in [-0.2, 0) is 11.3 Å². The van der Waals surface area contributed by atoms with E-state index in [0.29, 0.717) is 28.7 Å². The van der Waals surface area contributed by atoms with Gasteiger partial charge in [-0.05, 0) is 24.3 Å². The zero-order valence-electron chi connectivity index (χ0n) is 14.3. The van der Waals surface area contributed by atoms with Crippen molar-refractivity contribution in [1.29, 1.82) is 0 Å². The molecule has 8 nitrogen and oxygen atoms in total. The summed E-state index contributed by atoms with van der Waals surface area (Å²) in [5.74, 6) is 1.28. The van der Waals surface area contributed by atoms with Gasteiger partial charge >= 0.3 is 5.97 Å². The lowest BCUT2D eigenvalue weighted by molar-refractivity contribution is 0.0457. The fourth-order valence-corrected chi connectivity index (χ4v) is 2.49. The van der Waals surface area contributed by atoms with Crippen molar-refractivity contribution in [1.82, 2.24) is 15.4 Å². The van der Waals surface area contributed by atoms with Crippen LogP contribution in [0.25, 0.3) is 22.8 Å². The van der Waals surface area contributed by atoms with Gasteiger partial charge < -0.3 is 18.4 Å². The standard InChI is InChI=1S/C19H15N3O5/c1-24-14-5-2-4-12(8-14)18-9-13(22-27-18)11-26-19(23)16-10-15(20-21-16)17-6-3-7-25-17/h2-10H,11H2,1H3,(H,20,21). The molecule has 0 aliphatic carbocycles. The predicted octanol–water partition coefficient (Wildman–Crippen LogP) is 3.69. The van der Waals surface area contributed by atoms with Crippen molar-refractivity contribution in [2.45, 2.75) is 6.61 Å². The molecule has 8 heteroatoms. The third-order valence-corrected chi connectivity index (χ3v) is 3.84. The molecule has 0 amide bonds. The van der Waals surface area contributed by atoms with Crippen LogP contribution in [-0.4, -0.2) is 28.4 Å². The first-order valence-corrected chi connectivity index (χ1v) is 8.09. The molecule has 0 saturated heterocycles. The quantitative estimate of drug-likeness (QED) is 0.520. The summed E-state index contributed by atoms with van der Waals surface area (Å²) in [6.07, 6.45) is 1.53. The average Bonchev–Trinajstić information content (AvgIpc) is 3.47. The Kier molecular flexibility index (Phi) is 4.44. The SMILES string of the molecule is COc1cccc(-c2cc(COC(=O)c3cc(-c4ccco4)n[nH]3)no2)c1. The van der Waals surface area contributed by atoms with Crippen molar-refractivity contribution in [2.24, 2.45) is 0 Å². The van der Waals surface area contributed by atoms with Gasteiger partial charge in [-0.3, -0.25) is 5.10 Å². The topological polar surface area (TPSA) is 103 Å². The van der Waals surface area contributed by atoms with Gasteiger partial charge in [0, 0.05) is 17.7 Å². The third kappa shape index (κ3) is 3.59. The zero-order valence-corrected chi connectivity index (χ0v) is 14.3. The molecule has 136 valence electrons. The van der Waals surface area contributed by atoms with Gasteiger partial charge in [0.1, 0.15) is 29.4 Å². The molecule has 27 heavy (non-hydrogen) atoms. The molecule has 0 spiro atoms. The minimum atomic E-state index is -0.550. The lowest BCUT2D eigenvalue weighted by Gasteiger charge is -2.00. The van der Waals surface area contributed by atoms with E-state index in [1.165, 1.54) is 6.26 Å². The van der Waals surface area contributed by atoms with Crippen molar-refractivity contribution in [3.8, 4) is 28.5 Å². The van der Waals surface area contributed by atoms with Crippen LogP contribution in [0.2, 0.25) is 0 Å². The summed E-state index contributed by atoms with van der Waals surface area (Å²) in [6.45, 7) is -0.0264. The highest BCUT2D eigenvalue weighted by Crippen LogP contribution is 2.25. The van der Waals surface area contributed by atoms with Crippen LogP contribution in [0, 0.1) is 0 Å². The number of rotatable bonds is 6. The lowest BCUT2D eigenvalue weighted by Crippen LogP contribution is -2.05. The number of ether oxygens (including phenoxy) is 2. The second-order valence-corrected chi connectivity index (χ2v) is 5.63. The number of nitrogens with one attached hydrogen (secondary N) is 1. The first-order chi connectivity index (χ1) is 13.2. The number of carbonyl (C=O) groups is 1. The van der Waals surface area contributed by atoms with Gasteiger partial charge in [-0.2, -0.15) is 5.10 Å². The van der Waals surface area contributed by atoms with E-state index in [2.05, 4.69) is 15.4 Å². The maximum Gasteiger partial charge on any atom is 0.356 e. The molecule has 3 heterocycles. The van der Waals surface area contributed by atoms with Crippen LogP contribution in [0.4, 0.5) is 0 Å². The number of aromatic nitrogens is 3. The summed E-state index contributed by atoms with van der Waals surface area (Å²) >= 11 is 0. The fourth-order valence-electron chi connectivity index (χ4n) is 2.49. The molecule has 0 atom stereocenters. The smallest absolute Gasteiger partial charge is 0.356 e. The third-order valence-electron chi connectivity index (χ3n) is 3.84. The summed E-state index contributed by atoms with van der Waals surface area (Å²) in [6, 6.07) is 14.2. The lowest BCUT2D eigenvalue weighted by atomic mass is 10.1. The zero-order chi connectivity index (χ0) is 18.6. The molecule has 0 radical (unpaired) electrons. The Morgan fingerprint density at radius 3 is 2.89 bits per heavy atom. The van der Waals surface area contributed by atoms with E-state index in [1.54, 1.807) is 31.4 Å². The van der Waals surface area contributed by atoms with E-state index in [-0.39, 0.29) is 12.3 Å². The molecule has 1 aromatic carbocycles. The van der Waals surface area contributed by atoms with E-state index in [1.807, 2.05) is 24.3 Å². The molecule has 0 aliphatic heterocycles. The number of aromatic amines is 1. The molecule has 1 N–H and O–H groups in total. The van der Waals surface area contributed by atoms with Crippen molar-refractivity contribution < 1.29 is 23.2 Å². The van der Waals surface area contributed by atoms with Crippen molar-refractivity contribution >= 4 is 5.97 Å². The highest BCUT2D eigenvalue weighted by molar-refractivity contribution is 5.88. The molecule has 0 unspecified atom stereocenters. The number of hydrogen-bond donors (Lipinski definition) is 1. The van der Waals surface area contributed by atoms with Crippen LogP contribution >= 0.6 is 0 Å². The normalized spacial score (nSPS) is 10.7. The first-order valence-electron chi connectivity index (χ1n) is 8.09. The fraction of sp³-hybridized carbons (Fsp3) is 0.105. The molecule has 0 aliphatic rings. The molecule has 3 aromatic heterocycles. The van der Waals surface area contributed by atoms with Crippen LogP contribution in [0.15, 0.2) is 63.7 Å². The van der Waals surface area contributed by atoms with Gasteiger partial charge in [-0.25, -0.2) is 4.79 Å². The maximum absolute atomic E-state index is 12.2. The van der Waals surface area contributed by atoms with Crippen molar-refractivity contribution in [3.05, 3.63) is 66.2 Å². The summed E-state index contributed by atoms with van der Waals surface area (Å²) in [5.41, 5.74) is 2.05. The van der Waals surface area contributed by atoms with Gasteiger partial charge in [0.25, 0.3) is 0 Å². The summed E-state index contributed by atoms with van der Waals surface area (Å²) in [4.78, 5) is 12.2. The minimum absolute atomic E-state index is 0.0264. The summed E-state index contributed by atoms with van der Waals surface area (Å²) < 4.78 is 21.0. The maximum atomic E-state index is 12.2. The van der Waals surface area contributed by atoms with E-state index in [0.717, 1.165) is 5.56 Å². The van der Waals surface area contributed by atoms with Gasteiger partial charge in [0.2, 0.25) is 0 Å². The first kappa shape index (κ1) is 16.6. The largest absolute Gasteiger partial charge is 0.497 e. The van der Waals surface area contributed by atoms with Crippen LogP contribution < -0.4 is 4.74 Å². The number of hydrogen-bond acceptors (Lipinski definition) is 7. The number of furan rings is 1. The van der Waals surface area contributed by atoms with Gasteiger partial charge in [-0.1, -0.05) is 17.3 Å². The number of H-pyrrole nitrogens is 1. The van der Waals surface area contributed by atoms with Crippen LogP contribution in [0.5, 0.6) is 5.75 Å². The monoisotopic (exact) mass is 365 g/mol. The number of nitrogens with zero attached hydrogens (tertiary/aromatic N) is 2. The van der Waals surface area contributed by atoms with Gasteiger partial charge in [-0.15, -0.1) is 0 Å². The second-order valence-electron chi connectivity index (χ2n) is 5.63. The number of benzene rings is 1. The molecular weight excluding hydrogens is 350 g/mol. The second kappa shape index (κ2) is 7.20. The van der Waals surface area contributed by atoms with Crippen LogP contribution in [0.3, 0.4) is 0 Å². The summed E-state index contributed by atoms with van der Waals surface area (Å²) in [7, 11) is 1.59. The van der Waals surface area contributed by atoms with E-state index < -0.39 is 5.97 Å². The molecule has 0 saturated carbocycles. The Bertz CT molecular complexity index is 1050. The molecule has 0 bridgehead atoms. The van der Waals surface area contributed by atoms with Crippen LogP contribution in [0.1, 0.15) is 16.2 Å². The Hall–Kier alpha value is -3.81. The van der Waals surface area contributed by atoms with E-state index >= 15 is 0 Å². The Morgan fingerprint density at radius 2 is 2.07 bits per heavy atom. The highest BCUT2D eigenvalue weighted by atomic mass is 16.5. The Labute approximate surface area is 153 Å². The average molecular weight is 365 g/mol. The minimum Gasteiger partial charge on any atom is -0.497 e. The number of methoxy groups -OCH3 is 1. The highest BCUT2D eigenvalue weighted by Gasteiger charge is 2.15. The Balaban J connectivity index is 1.40. The molecular formula is C19H15N3O5. The number of esters is 1. The van der Waals surface area contributed by atoms with Crippen molar-refractivity contribution in [3.63, 3.8) is 0 Å². The Morgan fingerprint density at radius 1 is 1.15 bits per heavy atom. The number of carbonyl (C=O) groups excluding carboxylic acids is 1.